The molecule has 3 atom stereocenters. The molecule has 1 saturated carbocycles. The number of Topliss-reactive ketones (excluding diaryl/α,β-unsaturated/α-hetero) is 1. The number of hydrogen-bond acceptors (Lipinski definition) is 3. The molecule has 1 aliphatic rings. The summed E-state index contributed by atoms with van der Waals surface area (Å²) in [6, 6.07) is -0.498. The molecule has 0 saturated heterocycles. The lowest BCUT2D eigenvalue weighted by molar-refractivity contribution is -0.122. The van der Waals surface area contributed by atoms with Gasteiger partial charge in [-0.05, 0) is 18.8 Å². The van der Waals surface area contributed by atoms with E-state index >= 15 is 0 Å². The number of carbonyl (C=O) groups excluding carboxylic acids is 2. The van der Waals surface area contributed by atoms with E-state index in [1.54, 1.807) is 0 Å². The molecule has 0 spiro atoms. The van der Waals surface area contributed by atoms with Crippen LogP contribution in [0.25, 0.3) is 0 Å². The number of amides is 1. The molecule has 0 radical (unpaired) electrons. The first-order valence-electron chi connectivity index (χ1n) is 4.60. The Labute approximate surface area is 77.7 Å². The van der Waals surface area contributed by atoms with E-state index in [0.717, 1.165) is 6.42 Å². The van der Waals surface area contributed by atoms with Crippen LogP contribution in [0.2, 0.25) is 0 Å². The zero-order valence-electron chi connectivity index (χ0n) is 7.82. The van der Waals surface area contributed by atoms with E-state index < -0.39 is 11.9 Å². The minimum atomic E-state index is -0.498. The van der Waals surface area contributed by atoms with Crippen molar-refractivity contribution < 1.29 is 9.59 Å². The predicted octanol–water partition coefficient (Wildman–Crippen LogP) is -0.196. The molecule has 0 aromatic heterocycles. The average Bonchev–Trinajstić information content (AvgIpc) is 2.77. The Morgan fingerprint density at radius 3 is 2.46 bits per heavy atom. The lowest BCUT2D eigenvalue weighted by atomic mass is 10.0. The molecule has 74 valence electrons. The van der Waals surface area contributed by atoms with Crippen LogP contribution in [0.1, 0.15) is 26.2 Å². The quantitative estimate of drug-likeness (QED) is 0.620. The summed E-state index contributed by atoms with van der Waals surface area (Å²) >= 11 is 0. The first-order valence-corrected chi connectivity index (χ1v) is 4.60. The Bertz CT molecular complexity index is 228. The van der Waals surface area contributed by atoms with Crippen LogP contribution in [0.4, 0.5) is 0 Å². The predicted molar refractivity (Wildman–Crippen MR) is 48.7 cm³/mol. The molecule has 0 aliphatic heterocycles. The summed E-state index contributed by atoms with van der Waals surface area (Å²) in [5, 5.41) is 0. The van der Waals surface area contributed by atoms with Gasteiger partial charge in [0.2, 0.25) is 5.91 Å². The molecular formula is C9H16N2O2. The fourth-order valence-corrected chi connectivity index (χ4v) is 1.43. The van der Waals surface area contributed by atoms with Crippen LogP contribution < -0.4 is 11.5 Å². The van der Waals surface area contributed by atoms with Crippen LogP contribution in [0, 0.1) is 11.8 Å². The van der Waals surface area contributed by atoms with Gasteiger partial charge in [0.05, 0.1) is 6.04 Å². The van der Waals surface area contributed by atoms with Crippen molar-refractivity contribution >= 4 is 11.7 Å². The van der Waals surface area contributed by atoms with Crippen molar-refractivity contribution in [3.05, 3.63) is 0 Å². The van der Waals surface area contributed by atoms with Crippen LogP contribution >= 0.6 is 0 Å². The zero-order chi connectivity index (χ0) is 10.0. The normalized spacial score (nSPS) is 28.2. The second kappa shape index (κ2) is 3.87. The van der Waals surface area contributed by atoms with E-state index in [2.05, 4.69) is 0 Å². The van der Waals surface area contributed by atoms with Gasteiger partial charge in [0.25, 0.3) is 0 Å². The number of ketones is 1. The van der Waals surface area contributed by atoms with Gasteiger partial charge in [-0.3, -0.25) is 9.59 Å². The molecular weight excluding hydrogens is 168 g/mol. The maximum absolute atomic E-state index is 11.5. The molecule has 4 N–H and O–H groups in total. The third-order valence-corrected chi connectivity index (χ3v) is 2.54. The van der Waals surface area contributed by atoms with E-state index in [1.165, 1.54) is 0 Å². The molecule has 1 rings (SSSR count). The van der Waals surface area contributed by atoms with Crippen LogP contribution in [-0.4, -0.2) is 17.7 Å². The second-order valence-electron chi connectivity index (χ2n) is 3.83. The maximum Gasteiger partial charge on any atom is 0.217 e. The van der Waals surface area contributed by atoms with Crippen LogP contribution in [0.3, 0.4) is 0 Å². The molecule has 4 heteroatoms. The monoisotopic (exact) mass is 184 g/mol. The number of nitrogens with two attached hydrogens (primary N) is 2. The Morgan fingerprint density at radius 1 is 1.54 bits per heavy atom. The van der Waals surface area contributed by atoms with Gasteiger partial charge in [0.15, 0.2) is 5.78 Å². The van der Waals surface area contributed by atoms with Crippen molar-refractivity contribution in [2.75, 3.05) is 0 Å². The van der Waals surface area contributed by atoms with Gasteiger partial charge in [-0.15, -0.1) is 0 Å². The third kappa shape index (κ3) is 2.81. The summed E-state index contributed by atoms with van der Waals surface area (Å²) in [6.45, 7) is 2.03. The van der Waals surface area contributed by atoms with Gasteiger partial charge in [0, 0.05) is 12.3 Å². The minimum absolute atomic E-state index is 0.0914. The molecule has 2 unspecified atom stereocenters. The fraction of sp³-hybridized carbons (Fsp3) is 0.778. The maximum atomic E-state index is 11.5. The summed E-state index contributed by atoms with van der Waals surface area (Å²) in [5.41, 5.74) is 10.6. The van der Waals surface area contributed by atoms with Crippen LogP contribution in [0.5, 0.6) is 0 Å². The van der Waals surface area contributed by atoms with E-state index in [1.807, 2.05) is 6.92 Å². The van der Waals surface area contributed by atoms with Gasteiger partial charge in [-0.25, -0.2) is 0 Å². The summed E-state index contributed by atoms with van der Waals surface area (Å²) in [4.78, 5) is 21.9. The van der Waals surface area contributed by atoms with Gasteiger partial charge in [0.1, 0.15) is 0 Å². The highest BCUT2D eigenvalue weighted by molar-refractivity contribution is 5.88. The fourth-order valence-electron chi connectivity index (χ4n) is 1.43. The van der Waals surface area contributed by atoms with Gasteiger partial charge in [-0.1, -0.05) is 6.92 Å². The van der Waals surface area contributed by atoms with Gasteiger partial charge < -0.3 is 11.5 Å². The molecule has 4 nitrogen and oxygen atoms in total. The molecule has 1 amide bonds. The van der Waals surface area contributed by atoms with Crippen molar-refractivity contribution in [2.45, 2.75) is 32.2 Å². The summed E-state index contributed by atoms with van der Waals surface area (Å²) in [7, 11) is 0. The largest absolute Gasteiger partial charge is 0.370 e. The van der Waals surface area contributed by atoms with E-state index in [4.69, 9.17) is 11.5 Å². The van der Waals surface area contributed by atoms with E-state index in [9.17, 15) is 9.59 Å². The first-order chi connectivity index (χ1) is 6.02. The molecule has 0 aromatic rings. The summed E-state index contributed by atoms with van der Waals surface area (Å²) in [6.07, 6.45) is 1.54. The van der Waals surface area contributed by atoms with Crippen molar-refractivity contribution in [1.29, 1.82) is 0 Å². The van der Waals surface area contributed by atoms with Crippen molar-refractivity contribution in [2.24, 2.45) is 23.3 Å². The smallest absolute Gasteiger partial charge is 0.217 e. The number of carbonyl (C=O) groups is 2. The van der Waals surface area contributed by atoms with E-state index in [-0.39, 0.29) is 18.1 Å². The van der Waals surface area contributed by atoms with Crippen LogP contribution in [0.15, 0.2) is 0 Å². The Morgan fingerprint density at radius 2 is 2.08 bits per heavy atom. The minimum Gasteiger partial charge on any atom is -0.370 e. The standard InChI is InChI=1S/C9H16N2O2/c1-5-4-6(5)9(13)7(10)2-3-8(11)12/h5-7H,2-4,10H2,1H3,(H2,11,12)/t5?,6?,7-/m0/s1. The molecule has 1 fully saturated rings. The van der Waals surface area contributed by atoms with Crippen molar-refractivity contribution in [3.63, 3.8) is 0 Å². The lowest BCUT2D eigenvalue weighted by Crippen LogP contribution is -2.33. The second-order valence-corrected chi connectivity index (χ2v) is 3.83. The highest BCUT2D eigenvalue weighted by Crippen LogP contribution is 2.39. The van der Waals surface area contributed by atoms with Crippen molar-refractivity contribution in [3.8, 4) is 0 Å². The first kappa shape index (κ1) is 10.2. The number of hydrogen-bond donors (Lipinski definition) is 2. The molecule has 0 heterocycles. The van der Waals surface area contributed by atoms with Gasteiger partial charge in [-0.2, -0.15) is 0 Å². The Hall–Kier alpha value is -0.900. The third-order valence-electron chi connectivity index (χ3n) is 2.54. The highest BCUT2D eigenvalue weighted by atomic mass is 16.1. The number of rotatable bonds is 5. The van der Waals surface area contributed by atoms with Gasteiger partial charge >= 0.3 is 0 Å². The number of primary amides is 1. The summed E-state index contributed by atoms with van der Waals surface area (Å²) < 4.78 is 0. The average molecular weight is 184 g/mol. The zero-order valence-corrected chi connectivity index (χ0v) is 7.82. The molecule has 1 aliphatic carbocycles. The SMILES string of the molecule is CC1CC1C(=O)[C@@H](N)CCC(N)=O. The Balaban J connectivity index is 2.26. The lowest BCUT2D eigenvalue weighted by Gasteiger charge is -2.07. The molecule has 0 aromatic carbocycles. The molecule has 13 heavy (non-hydrogen) atoms. The van der Waals surface area contributed by atoms with E-state index in [0.29, 0.717) is 12.3 Å². The Kier molecular flexibility index (Phi) is 3.03. The van der Waals surface area contributed by atoms with Crippen LogP contribution in [-0.2, 0) is 9.59 Å². The highest BCUT2D eigenvalue weighted by Gasteiger charge is 2.40. The van der Waals surface area contributed by atoms with Crippen molar-refractivity contribution in [1.82, 2.24) is 0 Å². The topological polar surface area (TPSA) is 86.2 Å². The summed E-state index contributed by atoms with van der Waals surface area (Å²) in [5.74, 6) is 0.316. The molecule has 0 bridgehead atoms.